The number of rotatable bonds is 14. The van der Waals surface area contributed by atoms with Crippen molar-refractivity contribution in [3.63, 3.8) is 0 Å². The zero-order chi connectivity index (χ0) is 98.7. The number of aromatic nitrogens is 1. The average Bonchev–Trinajstić information content (AvgIpc) is 0.888. The summed E-state index contributed by atoms with van der Waals surface area (Å²) in [7, 11) is 2.26. The summed E-state index contributed by atoms with van der Waals surface area (Å²) >= 11 is 1.96. The summed E-state index contributed by atoms with van der Waals surface area (Å²) in [5.41, 5.74) is 1.26. The maximum Gasteiger partial charge on any atom is 1.00 e. The number of nitrogens with zero attached hydrogens (tertiary/aromatic N) is 1. The first kappa shape index (κ1) is 129. The molecule has 8 aliphatic rings. The fraction of sp³-hybridized carbons (Fsp3) is 0.471. The maximum atomic E-state index is 12.1. The van der Waals surface area contributed by atoms with Gasteiger partial charge in [0.2, 0.25) is 11.6 Å². The number of methoxy groups -OCH3 is 1. The number of H-pyrrole nitrogens is 1. The number of aliphatic hydroxyl groups excluding tert-OH is 3. The van der Waals surface area contributed by atoms with Crippen LogP contribution in [-0.2, 0) is 66.8 Å². The quantitative estimate of drug-likeness (QED) is 0.00564. The van der Waals surface area contributed by atoms with Gasteiger partial charge < -0.3 is 154 Å². The SMILES string of the molecule is CC(C)(C)OC(=O)N1CCC(CO)CC1.CC(C)=O.CC1(C)OC(=O)c2c(O)cccc2O1.CC1(C)OC(=O)c2c(OC3CCOC3)cccc2O1.CO.COC(=O)c1c(O)cccc1OC1CCOC1.O=C(NO)c1c(O)cccc1OC1CCOC1.O=C(O)c1c(O)cccc1O.O=CO[O-].O=CO[O-].O=c1[nH]oc2cccc(OC3CCOC3)c12.O[C@H]1CCOC1.[2H]CI.[H-].[H-].[K+].[K+].[K+].[K+]. The Morgan fingerprint density at radius 2 is 0.919 bits per heavy atom. The molecular formula is C87H116IK4N3O40. The summed E-state index contributed by atoms with van der Waals surface area (Å²) in [6.45, 7) is 22.6. The number of fused-ring (bicyclic) bond motifs is 3. The number of aromatic amines is 1. The summed E-state index contributed by atoms with van der Waals surface area (Å²) in [5.74, 6) is -4.07. The van der Waals surface area contributed by atoms with Crippen LogP contribution in [0.2, 0.25) is 0 Å². The molecule has 43 nitrogen and oxygen atoms in total. The van der Waals surface area contributed by atoms with Crippen LogP contribution in [-0.4, -0.2) is 268 Å². The summed E-state index contributed by atoms with van der Waals surface area (Å²) in [6, 6.07) is 28.1. The van der Waals surface area contributed by atoms with Crippen LogP contribution < -0.4 is 256 Å². The largest absolute Gasteiger partial charge is 1.00 e. The summed E-state index contributed by atoms with van der Waals surface area (Å²) in [4.78, 5) is 114. The van der Waals surface area contributed by atoms with Crippen molar-refractivity contribution < 1.29 is 400 Å². The van der Waals surface area contributed by atoms with E-state index in [1.807, 2.05) is 43.4 Å². The summed E-state index contributed by atoms with van der Waals surface area (Å²) < 4.78 is 90.6. The van der Waals surface area contributed by atoms with Crippen molar-refractivity contribution in [2.24, 2.45) is 5.92 Å². The van der Waals surface area contributed by atoms with Crippen molar-refractivity contribution in [3.8, 4) is 63.2 Å². The minimum atomic E-state index is -1.35. The Bertz CT molecular complexity index is 4660. The number of hydroxylamine groups is 1. The molecular weight excluding hydrogens is 2010 g/mol. The van der Waals surface area contributed by atoms with Crippen molar-refractivity contribution in [2.45, 2.75) is 155 Å². The molecule has 15 rings (SSSR count). The molecule has 0 bridgehead atoms. The van der Waals surface area contributed by atoms with Crippen molar-refractivity contribution in [1.29, 1.82) is 0 Å². The molecule has 4 unspecified atom stereocenters. The molecule has 1 aromatic heterocycles. The molecule has 6 fully saturated rings. The molecule has 12 N–H and O–H groups in total. The number of carbonyl (C=O) groups is 9. The van der Waals surface area contributed by atoms with Gasteiger partial charge in [0.25, 0.3) is 24.4 Å². The van der Waals surface area contributed by atoms with Gasteiger partial charge in [-0.05, 0) is 138 Å². The zero-order valence-electron chi connectivity index (χ0n) is 80.9. The van der Waals surface area contributed by atoms with E-state index in [0.29, 0.717) is 129 Å². The number of carboxylic acids is 1. The number of hydrogen-bond donors (Lipinski definition) is 12. The molecule has 135 heavy (non-hydrogen) atoms. The number of ketones is 1. The van der Waals surface area contributed by atoms with Crippen LogP contribution in [0.3, 0.4) is 0 Å². The van der Waals surface area contributed by atoms with Gasteiger partial charge in [-0.2, -0.15) is 5.16 Å². The molecule has 7 aromatic rings. The van der Waals surface area contributed by atoms with Crippen molar-refractivity contribution >= 4 is 88.2 Å². The van der Waals surface area contributed by atoms with Crippen LogP contribution >= 0.6 is 22.6 Å². The van der Waals surface area contributed by atoms with Crippen LogP contribution in [0.5, 0.6) is 63.2 Å². The average molecular weight is 2130 g/mol. The van der Waals surface area contributed by atoms with Crippen LogP contribution in [0.4, 0.5) is 4.79 Å². The van der Waals surface area contributed by atoms with Gasteiger partial charge in [-0.15, -0.1) is 0 Å². The number of esters is 3. The number of likely N-dealkylation sites (tertiary alicyclic amines) is 1. The molecule has 6 saturated heterocycles. The number of alkyl halides is 1. The molecule has 0 spiro atoms. The van der Waals surface area contributed by atoms with Gasteiger partial charge in [-0.1, -0.05) is 59.0 Å². The Morgan fingerprint density at radius 3 is 1.30 bits per heavy atom. The predicted octanol–water partition coefficient (Wildman–Crippen LogP) is -4.31. The third-order valence-corrected chi connectivity index (χ3v) is 17.5. The normalized spacial score (nSPS) is 17.6. The van der Waals surface area contributed by atoms with Crippen LogP contribution in [0.1, 0.15) is 163 Å². The number of Topliss-reactive ketones (excluding diaryl/α,β-unsaturated/α-hetero) is 1. The first-order chi connectivity index (χ1) is 62.7. The smallest absolute Gasteiger partial charge is 1.00 e. The molecule has 2 amide bonds. The van der Waals surface area contributed by atoms with E-state index in [0.717, 1.165) is 58.7 Å². The first-order valence-corrected chi connectivity index (χ1v) is 41.6. The number of aromatic carboxylic acids is 1. The number of carbonyl (C=O) groups excluding carboxylic acids is 8. The van der Waals surface area contributed by atoms with Crippen LogP contribution in [0, 0.1) is 5.92 Å². The minimum Gasteiger partial charge on any atom is -1.00 e. The van der Waals surface area contributed by atoms with Gasteiger partial charge in [0, 0.05) is 88.2 Å². The van der Waals surface area contributed by atoms with E-state index in [-0.39, 0.29) is 316 Å². The van der Waals surface area contributed by atoms with E-state index in [2.05, 4.69) is 19.7 Å². The van der Waals surface area contributed by atoms with Gasteiger partial charge in [0.05, 0.1) is 72.7 Å². The van der Waals surface area contributed by atoms with Gasteiger partial charge in [0.1, 0.15) is 132 Å². The molecule has 9 heterocycles. The second kappa shape index (κ2) is 71.0. The topological polar surface area (TPSA) is 620 Å². The number of phenols is 5. The van der Waals surface area contributed by atoms with Crippen molar-refractivity contribution in [2.75, 3.05) is 105 Å². The summed E-state index contributed by atoms with van der Waals surface area (Å²) in [6.07, 6.45) is 5.12. The number of hydrogen-bond acceptors (Lipinski definition) is 39. The molecule has 0 saturated carbocycles. The maximum absolute atomic E-state index is 12.1. The Labute approximate surface area is 966 Å². The standard InChI is InChI=1S/C14H16O5.C12H14O5.C11H13NO5.C11H11NO4.C11H21NO3.C10H10O4.C7H6O4.C4H8O2.C3H6O.CH3I.2CH2O3.CH4O.4K.2H/c1-14(2)18-11-5-3-4-10(12(11)13(15)19-14)17-9-6-7-16-8-9;1-15-12(14)11-9(13)3-2-4-10(11)17-8-5-6-16-7-8;13-8-2-1-3-9(10(8)11(14)12-15)17-7-4-5-16-6-7;13-11-10-8(15-7-4-5-14-6-7)2-1-3-9(10)16-12-11;1-11(2,3)15-10(14)12-6-4-9(8-13)5-7-12;1-10(2)13-7-5-3-4-6(11)8(7)9(12)14-10;8-4-2-1-3-5(9)6(4)7(10)11;5-4-1-2-6-3-4;1-3(2)4;1-2;2*2-1-4-3;1-2;;;;;;/h3-5,9H,6-8H2,1-2H3;2-4,8,13H,5-7H2,1H3;1-3,7,13,15H,4-6H2,(H,12,14);1-3,7H,4-6H2,(H,12,13);9,13H,4-8H2,1-3H3;3-5,11H,1-2H3;1-3,8-9H,(H,10,11);4-5H,1-3H2;1-2H3;1H3;2*1,3H;2H,1H3;;;;;;/q;;;;;;;;;;;;;4*+1;2*-1/p-2/t;;;;;;;4-;;;;;;;;;;;/m.......0.........../s1/i;;;;;;;;;1D;;;;;;;;;. The second-order valence-corrected chi connectivity index (χ2v) is 29.8. The number of halogens is 1. The Hall–Kier alpha value is -5.54. The third-order valence-electron chi connectivity index (χ3n) is 17.5. The van der Waals surface area contributed by atoms with E-state index in [4.69, 9.17) is 128 Å². The van der Waals surface area contributed by atoms with E-state index in [9.17, 15) is 53.7 Å². The van der Waals surface area contributed by atoms with Crippen LogP contribution in [0.25, 0.3) is 11.0 Å². The molecule has 0 radical (unpaired) electrons. The van der Waals surface area contributed by atoms with Gasteiger partial charge >= 0.3 is 236 Å². The minimum absolute atomic E-state index is 0. The van der Waals surface area contributed by atoms with Gasteiger partial charge in [-0.25, -0.2) is 29.5 Å². The van der Waals surface area contributed by atoms with E-state index in [1.165, 1.54) is 62.8 Å². The Balaban J connectivity index is -0.000000728. The van der Waals surface area contributed by atoms with Crippen LogP contribution in [0.15, 0.2) is 119 Å². The van der Waals surface area contributed by atoms with Gasteiger partial charge in [0.15, 0.2) is 5.58 Å². The van der Waals surface area contributed by atoms with Crippen molar-refractivity contribution in [1.82, 2.24) is 15.5 Å². The first-order valence-electron chi connectivity index (χ1n) is 40.8. The molecule has 8 aliphatic heterocycles. The number of aromatic hydroxyl groups is 5. The zero-order valence-corrected chi connectivity index (χ0v) is 92.6. The molecule has 5 atom stereocenters. The number of phenolic OH excluding ortho intramolecular Hbond substituents is 3. The van der Waals surface area contributed by atoms with Gasteiger partial charge in [-0.3, -0.25) is 24.4 Å². The molecule has 0 aliphatic carbocycles. The molecule has 48 heteroatoms. The van der Waals surface area contributed by atoms with E-state index in [1.54, 1.807) is 105 Å². The monoisotopic (exact) mass is 2130 g/mol. The number of amides is 2. The second-order valence-electron chi connectivity index (χ2n) is 29.8. The Kier molecular flexibility index (Phi) is 68.1. The number of nitrogens with one attached hydrogen (secondary N) is 2. The van der Waals surface area contributed by atoms with E-state index < -0.39 is 64.0 Å². The number of carboxylic acid groups (broad SMARTS) is 1. The third kappa shape index (κ3) is 48.7. The summed E-state index contributed by atoms with van der Waals surface area (Å²) in [5, 5.41) is 108. The number of cyclic esters (lactones) is 2. The predicted molar refractivity (Wildman–Crippen MR) is 465 cm³/mol. The molecule has 6 aromatic carbocycles. The van der Waals surface area contributed by atoms with E-state index >= 15 is 0 Å². The number of benzene rings is 6. The number of ether oxygens (including phenoxy) is 15. The molecule has 730 valence electrons. The Morgan fingerprint density at radius 1 is 0.563 bits per heavy atom. The van der Waals surface area contributed by atoms with Crippen molar-refractivity contribution in [3.05, 3.63) is 147 Å². The fourth-order valence-electron chi connectivity index (χ4n) is 11.8. The number of aliphatic hydroxyl groups is 3. The number of piperidine rings is 1. The fourth-order valence-corrected chi connectivity index (χ4v) is 11.8.